The van der Waals surface area contributed by atoms with Gasteiger partial charge in [-0.05, 0) is 24.3 Å². The molecule has 0 aliphatic rings. The maximum atomic E-state index is 12.7. The van der Waals surface area contributed by atoms with Crippen LogP contribution in [0.4, 0.5) is 5.69 Å². The van der Waals surface area contributed by atoms with Crippen molar-refractivity contribution in [3.63, 3.8) is 0 Å². The summed E-state index contributed by atoms with van der Waals surface area (Å²) >= 11 is 0. The van der Waals surface area contributed by atoms with E-state index in [1.54, 1.807) is 18.2 Å². The highest BCUT2D eigenvalue weighted by Crippen LogP contribution is 2.38. The van der Waals surface area contributed by atoms with Crippen LogP contribution in [0.15, 0.2) is 48.8 Å². The van der Waals surface area contributed by atoms with Crippen molar-refractivity contribution in [3.05, 3.63) is 54.4 Å². The summed E-state index contributed by atoms with van der Waals surface area (Å²) < 4.78 is 15.8. The van der Waals surface area contributed by atoms with Crippen molar-refractivity contribution in [2.45, 2.75) is 0 Å². The van der Waals surface area contributed by atoms with Gasteiger partial charge in [0.05, 0.1) is 32.3 Å². The first-order valence-electron chi connectivity index (χ1n) is 9.01. The van der Waals surface area contributed by atoms with Crippen molar-refractivity contribution in [2.24, 2.45) is 5.73 Å². The Morgan fingerprint density at radius 2 is 1.71 bits per heavy atom. The zero-order valence-electron chi connectivity index (χ0n) is 16.8. The molecule has 1 aromatic heterocycles. The highest BCUT2D eigenvalue weighted by atomic mass is 16.5. The van der Waals surface area contributed by atoms with Crippen LogP contribution in [-0.2, 0) is 4.79 Å². The number of phenolic OH excluding ortho intramolecular Hbond substituents is 1. The zero-order valence-corrected chi connectivity index (χ0v) is 16.8. The molecule has 0 saturated heterocycles. The largest absolute Gasteiger partial charge is 0.508 e. The number of hydrogen-bond acceptors (Lipinski definition) is 8. The highest BCUT2D eigenvalue weighted by Gasteiger charge is 2.19. The minimum Gasteiger partial charge on any atom is -0.508 e. The van der Waals surface area contributed by atoms with Crippen molar-refractivity contribution in [2.75, 3.05) is 26.1 Å². The molecule has 1 heterocycles. The molecule has 0 spiro atoms. The van der Waals surface area contributed by atoms with Crippen molar-refractivity contribution in [1.82, 2.24) is 9.97 Å². The van der Waals surface area contributed by atoms with Gasteiger partial charge in [-0.3, -0.25) is 9.59 Å². The smallest absolute Gasteiger partial charge is 0.256 e. The maximum Gasteiger partial charge on any atom is 0.256 e. The minimum absolute atomic E-state index is 0.102. The monoisotopic (exact) mass is 424 g/mol. The van der Waals surface area contributed by atoms with E-state index in [0.717, 1.165) is 0 Å². The van der Waals surface area contributed by atoms with E-state index < -0.39 is 11.8 Å². The van der Waals surface area contributed by atoms with E-state index in [4.69, 9.17) is 19.9 Å². The number of methoxy groups -OCH3 is 2. The van der Waals surface area contributed by atoms with Gasteiger partial charge < -0.3 is 30.4 Å². The molecule has 0 aliphatic heterocycles. The molecule has 0 aliphatic carbocycles. The fourth-order valence-corrected chi connectivity index (χ4v) is 2.69. The van der Waals surface area contributed by atoms with Crippen LogP contribution in [0.3, 0.4) is 0 Å². The number of nitrogens with zero attached hydrogens (tertiary/aromatic N) is 2. The molecule has 0 fully saturated rings. The molecule has 4 N–H and O–H groups in total. The van der Waals surface area contributed by atoms with E-state index in [9.17, 15) is 14.7 Å². The first kappa shape index (κ1) is 21.4. The Morgan fingerprint density at radius 3 is 2.26 bits per heavy atom. The number of nitrogens with two attached hydrogens (primary N) is 1. The van der Waals surface area contributed by atoms with Crippen LogP contribution in [0.25, 0.3) is 11.4 Å². The predicted octanol–water partition coefficient (Wildman–Crippen LogP) is 1.98. The lowest BCUT2D eigenvalue weighted by Gasteiger charge is -2.15. The van der Waals surface area contributed by atoms with E-state index in [2.05, 4.69) is 15.3 Å². The average molecular weight is 424 g/mol. The van der Waals surface area contributed by atoms with Crippen LogP contribution < -0.4 is 25.3 Å². The number of ether oxygens (including phenoxy) is 3. The predicted molar refractivity (Wildman–Crippen MR) is 111 cm³/mol. The number of rotatable bonds is 8. The number of hydrogen-bond donors (Lipinski definition) is 3. The molecule has 0 bridgehead atoms. The summed E-state index contributed by atoms with van der Waals surface area (Å²) in [7, 11) is 2.78. The summed E-state index contributed by atoms with van der Waals surface area (Å²) in [5, 5.41) is 12.3. The zero-order chi connectivity index (χ0) is 22.4. The Balaban J connectivity index is 1.80. The Hall–Kier alpha value is -4.34. The quantitative estimate of drug-likeness (QED) is 0.498. The SMILES string of the molecule is COc1cc(C(=O)Nc2cnc(-c3cccc(O)c3)nc2)cc(OC)c1OCC(N)=O. The molecule has 10 heteroatoms. The minimum atomic E-state index is -0.667. The van der Waals surface area contributed by atoms with Gasteiger partial charge in [0.25, 0.3) is 11.8 Å². The third-order valence-corrected chi connectivity index (χ3v) is 4.10. The second kappa shape index (κ2) is 9.44. The van der Waals surface area contributed by atoms with E-state index in [1.165, 1.54) is 44.8 Å². The van der Waals surface area contributed by atoms with Crippen LogP contribution in [0.1, 0.15) is 10.4 Å². The molecule has 0 radical (unpaired) electrons. The molecule has 2 aromatic carbocycles. The van der Waals surface area contributed by atoms with Gasteiger partial charge >= 0.3 is 0 Å². The fraction of sp³-hybridized carbons (Fsp3) is 0.143. The number of primary amides is 1. The summed E-state index contributed by atoms with van der Waals surface area (Å²) in [6.45, 7) is -0.374. The first-order chi connectivity index (χ1) is 14.9. The number of carbonyl (C=O) groups is 2. The molecule has 3 aromatic rings. The second-order valence-electron chi connectivity index (χ2n) is 6.26. The van der Waals surface area contributed by atoms with Gasteiger partial charge in [-0.1, -0.05) is 12.1 Å². The van der Waals surface area contributed by atoms with E-state index in [0.29, 0.717) is 17.1 Å². The second-order valence-corrected chi connectivity index (χ2v) is 6.26. The standard InChI is InChI=1S/C21H20N4O6/c1-29-16-7-13(8-17(30-2)19(16)31-11-18(22)27)21(28)25-14-9-23-20(24-10-14)12-4-3-5-15(26)6-12/h3-10,26H,11H2,1-2H3,(H2,22,27)(H,25,28). The van der Waals surface area contributed by atoms with Crippen LogP contribution in [0.2, 0.25) is 0 Å². The third kappa shape index (κ3) is 5.18. The Kier molecular flexibility index (Phi) is 6.51. The average Bonchev–Trinajstić information content (AvgIpc) is 2.77. The van der Waals surface area contributed by atoms with E-state index in [1.807, 2.05) is 0 Å². The van der Waals surface area contributed by atoms with Gasteiger partial charge in [-0.2, -0.15) is 0 Å². The topological polar surface area (TPSA) is 146 Å². The fourth-order valence-electron chi connectivity index (χ4n) is 2.69. The molecule has 160 valence electrons. The lowest BCUT2D eigenvalue weighted by Crippen LogP contribution is -2.20. The molecular weight excluding hydrogens is 404 g/mol. The molecule has 0 atom stereocenters. The molecule has 10 nitrogen and oxygen atoms in total. The Bertz CT molecular complexity index is 1080. The first-order valence-corrected chi connectivity index (χ1v) is 9.01. The number of carbonyl (C=O) groups excluding carboxylic acids is 2. The molecule has 0 saturated carbocycles. The van der Waals surface area contributed by atoms with Crippen LogP contribution >= 0.6 is 0 Å². The summed E-state index contributed by atoms with van der Waals surface area (Å²) in [6.07, 6.45) is 2.90. The van der Waals surface area contributed by atoms with Crippen molar-refractivity contribution < 1.29 is 28.9 Å². The number of aromatic hydroxyl groups is 1. The number of nitrogens with one attached hydrogen (secondary N) is 1. The van der Waals surface area contributed by atoms with Crippen LogP contribution in [0.5, 0.6) is 23.0 Å². The summed E-state index contributed by atoms with van der Waals surface area (Å²) in [6, 6.07) is 9.40. The van der Waals surface area contributed by atoms with Crippen molar-refractivity contribution in [3.8, 4) is 34.4 Å². The van der Waals surface area contributed by atoms with Gasteiger partial charge in [-0.25, -0.2) is 9.97 Å². The van der Waals surface area contributed by atoms with Gasteiger partial charge in [0, 0.05) is 11.1 Å². The number of benzene rings is 2. The number of aromatic nitrogens is 2. The maximum absolute atomic E-state index is 12.7. The lowest BCUT2D eigenvalue weighted by atomic mass is 10.1. The van der Waals surface area contributed by atoms with E-state index >= 15 is 0 Å². The normalized spacial score (nSPS) is 10.3. The van der Waals surface area contributed by atoms with E-state index in [-0.39, 0.29) is 35.2 Å². The van der Waals surface area contributed by atoms with Gasteiger partial charge in [0.15, 0.2) is 23.9 Å². The summed E-state index contributed by atoms with van der Waals surface area (Å²) in [5.74, 6) is -0.0914. The van der Waals surface area contributed by atoms with Crippen molar-refractivity contribution in [1.29, 1.82) is 0 Å². The highest BCUT2D eigenvalue weighted by molar-refractivity contribution is 6.05. The van der Waals surface area contributed by atoms with Crippen LogP contribution in [0, 0.1) is 0 Å². The molecule has 2 amide bonds. The molecule has 31 heavy (non-hydrogen) atoms. The third-order valence-electron chi connectivity index (χ3n) is 4.10. The van der Waals surface area contributed by atoms with Crippen molar-refractivity contribution >= 4 is 17.5 Å². The molecule has 0 unspecified atom stereocenters. The van der Waals surface area contributed by atoms with Gasteiger partial charge in [0.1, 0.15) is 5.75 Å². The number of anilines is 1. The van der Waals surface area contributed by atoms with Gasteiger partial charge in [0.2, 0.25) is 5.75 Å². The Labute approximate surface area is 177 Å². The van der Waals surface area contributed by atoms with Gasteiger partial charge in [-0.15, -0.1) is 0 Å². The summed E-state index contributed by atoms with van der Waals surface area (Å²) in [5.41, 5.74) is 6.33. The number of phenols is 1. The summed E-state index contributed by atoms with van der Waals surface area (Å²) in [4.78, 5) is 32.1. The van der Waals surface area contributed by atoms with Crippen LogP contribution in [-0.4, -0.2) is 47.7 Å². The molecular formula is C21H20N4O6. The number of amides is 2. The lowest BCUT2D eigenvalue weighted by molar-refractivity contribution is -0.120. The molecule has 3 rings (SSSR count). The Morgan fingerprint density at radius 1 is 1.06 bits per heavy atom.